The van der Waals surface area contributed by atoms with Gasteiger partial charge < -0.3 is 0 Å². The second kappa shape index (κ2) is 6.48. The molecule has 4 aromatic rings. The van der Waals surface area contributed by atoms with Crippen molar-refractivity contribution in [2.75, 3.05) is 0 Å². The molecule has 5 rings (SSSR count). The third-order valence-corrected chi connectivity index (χ3v) is 5.39. The lowest BCUT2D eigenvalue weighted by Gasteiger charge is -2.09. The van der Waals surface area contributed by atoms with Crippen molar-refractivity contribution in [1.29, 1.82) is 0 Å². The maximum atomic E-state index is 13.1. The number of rotatable bonds is 2. The minimum absolute atomic E-state index is 0.145. The normalized spacial score (nSPS) is 13.1. The lowest BCUT2D eigenvalue weighted by molar-refractivity contribution is 0.103. The Kier molecular flexibility index (Phi) is 3.83. The van der Waals surface area contributed by atoms with Crippen LogP contribution in [0.25, 0.3) is 10.9 Å². The number of hydrogen-bond acceptors (Lipinski definition) is 2. The van der Waals surface area contributed by atoms with E-state index in [0.29, 0.717) is 0 Å². The molecule has 0 saturated heterocycles. The zero-order valence-corrected chi connectivity index (χ0v) is 15.0. The van der Waals surface area contributed by atoms with E-state index < -0.39 is 0 Å². The van der Waals surface area contributed by atoms with Gasteiger partial charge in [-0.2, -0.15) is 0 Å². The first-order valence-corrected chi connectivity index (χ1v) is 9.37. The van der Waals surface area contributed by atoms with Gasteiger partial charge in [0.15, 0.2) is 5.78 Å². The molecule has 1 aromatic heterocycles. The van der Waals surface area contributed by atoms with Gasteiger partial charge in [-0.15, -0.1) is 0 Å². The monoisotopic (exact) mass is 349 g/mol. The SMILES string of the molecule is O=C1c2ccccc2CCc2ccc(Cc3ccc4ccccc4n3)cc21. The van der Waals surface area contributed by atoms with Crippen LogP contribution in [0.3, 0.4) is 0 Å². The van der Waals surface area contributed by atoms with Gasteiger partial charge in [-0.25, -0.2) is 0 Å². The van der Waals surface area contributed by atoms with E-state index in [-0.39, 0.29) is 5.78 Å². The maximum absolute atomic E-state index is 13.1. The Balaban J connectivity index is 1.51. The van der Waals surface area contributed by atoms with E-state index in [4.69, 9.17) is 4.98 Å². The quantitative estimate of drug-likeness (QED) is 0.501. The van der Waals surface area contributed by atoms with Gasteiger partial charge in [0, 0.05) is 28.6 Å². The molecule has 2 nitrogen and oxygen atoms in total. The molecule has 0 aliphatic heterocycles. The summed E-state index contributed by atoms with van der Waals surface area (Å²) < 4.78 is 0. The third kappa shape index (κ3) is 2.93. The van der Waals surface area contributed by atoms with Crippen LogP contribution in [-0.2, 0) is 19.3 Å². The molecule has 0 atom stereocenters. The van der Waals surface area contributed by atoms with E-state index in [1.165, 1.54) is 0 Å². The first-order valence-electron chi connectivity index (χ1n) is 9.37. The fourth-order valence-corrected chi connectivity index (χ4v) is 3.95. The molecule has 27 heavy (non-hydrogen) atoms. The van der Waals surface area contributed by atoms with Gasteiger partial charge in [-0.05, 0) is 47.7 Å². The largest absolute Gasteiger partial charge is 0.289 e. The summed E-state index contributed by atoms with van der Waals surface area (Å²) in [5, 5.41) is 1.15. The molecule has 1 aliphatic carbocycles. The summed E-state index contributed by atoms with van der Waals surface area (Å²) >= 11 is 0. The average molecular weight is 349 g/mol. The summed E-state index contributed by atoms with van der Waals surface area (Å²) in [4.78, 5) is 17.9. The highest BCUT2D eigenvalue weighted by Gasteiger charge is 2.21. The molecule has 1 heterocycles. The number of hydrogen-bond donors (Lipinski definition) is 0. The van der Waals surface area contributed by atoms with Crippen molar-refractivity contribution in [2.24, 2.45) is 0 Å². The van der Waals surface area contributed by atoms with Gasteiger partial charge >= 0.3 is 0 Å². The molecule has 2 heteroatoms. The molecule has 0 amide bonds. The average Bonchev–Trinajstić information content (AvgIpc) is 2.85. The molecule has 0 fully saturated rings. The van der Waals surface area contributed by atoms with Crippen LogP contribution in [0.2, 0.25) is 0 Å². The minimum Gasteiger partial charge on any atom is -0.289 e. The summed E-state index contributed by atoms with van der Waals surface area (Å²) in [5.41, 5.74) is 7.15. The molecular formula is C25H19NO. The molecule has 0 radical (unpaired) electrons. The number of aromatic nitrogens is 1. The van der Waals surface area contributed by atoms with E-state index >= 15 is 0 Å². The van der Waals surface area contributed by atoms with Crippen molar-refractivity contribution in [1.82, 2.24) is 4.98 Å². The second-order valence-electron chi connectivity index (χ2n) is 7.15. The molecule has 3 aromatic carbocycles. The van der Waals surface area contributed by atoms with Crippen molar-refractivity contribution in [3.8, 4) is 0 Å². The highest BCUT2D eigenvalue weighted by molar-refractivity contribution is 6.11. The number of benzene rings is 3. The van der Waals surface area contributed by atoms with E-state index in [2.05, 4.69) is 42.5 Å². The molecule has 0 spiro atoms. The molecule has 0 unspecified atom stereocenters. The highest BCUT2D eigenvalue weighted by atomic mass is 16.1. The molecule has 0 N–H and O–H groups in total. The molecule has 0 saturated carbocycles. The number of fused-ring (bicyclic) bond motifs is 3. The molecule has 0 bridgehead atoms. The van der Waals surface area contributed by atoms with Crippen molar-refractivity contribution in [3.63, 3.8) is 0 Å². The molecular weight excluding hydrogens is 330 g/mol. The number of nitrogens with zero attached hydrogens (tertiary/aromatic N) is 1. The molecule has 130 valence electrons. The van der Waals surface area contributed by atoms with Gasteiger partial charge in [-0.3, -0.25) is 9.78 Å². The number of carbonyl (C=O) groups is 1. The van der Waals surface area contributed by atoms with Crippen LogP contribution in [0.15, 0.2) is 78.9 Å². The fraction of sp³-hybridized carbons (Fsp3) is 0.120. The van der Waals surface area contributed by atoms with E-state index in [9.17, 15) is 4.79 Å². The smallest absolute Gasteiger partial charge is 0.193 e. The maximum Gasteiger partial charge on any atom is 0.193 e. The number of aryl methyl sites for hydroxylation is 2. The Hall–Kier alpha value is -3.26. The number of para-hydroxylation sites is 1. The number of pyridine rings is 1. The highest BCUT2D eigenvalue weighted by Crippen LogP contribution is 2.26. The Morgan fingerprint density at radius 3 is 2.44 bits per heavy atom. The van der Waals surface area contributed by atoms with Crippen molar-refractivity contribution < 1.29 is 4.79 Å². The van der Waals surface area contributed by atoms with E-state index in [0.717, 1.165) is 63.7 Å². The topological polar surface area (TPSA) is 30.0 Å². The Labute approximate surface area is 158 Å². The van der Waals surface area contributed by atoms with Gasteiger partial charge in [-0.1, -0.05) is 60.7 Å². The summed E-state index contributed by atoms with van der Waals surface area (Å²) in [6, 6.07) is 26.6. The van der Waals surface area contributed by atoms with Gasteiger partial charge in [0.05, 0.1) is 5.52 Å². The summed E-state index contributed by atoms with van der Waals surface area (Å²) in [6.45, 7) is 0. The van der Waals surface area contributed by atoms with Crippen molar-refractivity contribution >= 4 is 16.7 Å². The zero-order chi connectivity index (χ0) is 18.2. The minimum atomic E-state index is 0.145. The van der Waals surface area contributed by atoms with Crippen LogP contribution in [0.1, 0.15) is 38.3 Å². The first kappa shape index (κ1) is 16.0. The fourth-order valence-electron chi connectivity index (χ4n) is 3.95. The lowest BCUT2D eigenvalue weighted by Crippen LogP contribution is -2.05. The van der Waals surface area contributed by atoms with Crippen LogP contribution in [0.4, 0.5) is 0 Å². The standard InChI is InChI=1S/C25H19NO/c27-25-22-7-3-1-5-18(22)11-12-19-10-9-17(16-23(19)25)15-21-14-13-20-6-2-4-8-24(20)26-21/h1-10,13-14,16H,11-12,15H2. The lowest BCUT2D eigenvalue weighted by atomic mass is 9.95. The van der Waals surface area contributed by atoms with E-state index in [1.54, 1.807) is 0 Å². The third-order valence-electron chi connectivity index (χ3n) is 5.39. The predicted octanol–water partition coefficient (Wildman–Crippen LogP) is 5.16. The van der Waals surface area contributed by atoms with Crippen LogP contribution in [0.5, 0.6) is 0 Å². The Morgan fingerprint density at radius 1 is 0.741 bits per heavy atom. The van der Waals surface area contributed by atoms with Gasteiger partial charge in [0.2, 0.25) is 0 Å². The predicted molar refractivity (Wildman–Crippen MR) is 108 cm³/mol. The van der Waals surface area contributed by atoms with Crippen LogP contribution < -0.4 is 0 Å². The number of carbonyl (C=O) groups excluding carboxylic acids is 1. The Morgan fingerprint density at radius 2 is 1.52 bits per heavy atom. The summed E-state index contributed by atoms with van der Waals surface area (Å²) in [5.74, 6) is 0.145. The summed E-state index contributed by atoms with van der Waals surface area (Å²) in [6.07, 6.45) is 2.56. The Bertz CT molecular complexity index is 1180. The number of ketones is 1. The van der Waals surface area contributed by atoms with Gasteiger partial charge in [0.25, 0.3) is 0 Å². The van der Waals surface area contributed by atoms with Crippen LogP contribution in [0, 0.1) is 0 Å². The first-order chi connectivity index (χ1) is 13.3. The van der Waals surface area contributed by atoms with Crippen LogP contribution in [-0.4, -0.2) is 10.8 Å². The van der Waals surface area contributed by atoms with Crippen LogP contribution >= 0.6 is 0 Å². The van der Waals surface area contributed by atoms with Crippen molar-refractivity contribution in [3.05, 3.63) is 112 Å². The van der Waals surface area contributed by atoms with E-state index in [1.807, 2.05) is 36.4 Å². The molecule has 1 aliphatic rings. The van der Waals surface area contributed by atoms with Crippen molar-refractivity contribution in [2.45, 2.75) is 19.3 Å². The van der Waals surface area contributed by atoms with Gasteiger partial charge in [0.1, 0.15) is 0 Å². The zero-order valence-electron chi connectivity index (χ0n) is 15.0. The summed E-state index contributed by atoms with van der Waals surface area (Å²) in [7, 11) is 0. The second-order valence-corrected chi connectivity index (χ2v) is 7.15.